The molecule has 1 rings (SSSR count). The molecule has 0 radical (unpaired) electrons. The van der Waals surface area contributed by atoms with Gasteiger partial charge < -0.3 is 10.4 Å². The van der Waals surface area contributed by atoms with Crippen LogP contribution >= 0.6 is 0 Å². The molecular weight excluding hydrogens is 248 g/mol. The van der Waals surface area contributed by atoms with Crippen LogP contribution in [0.25, 0.3) is 0 Å². The van der Waals surface area contributed by atoms with Crippen molar-refractivity contribution in [2.75, 3.05) is 26.7 Å². The minimum absolute atomic E-state index is 0.276. The molecule has 0 aromatic rings. The van der Waals surface area contributed by atoms with Crippen molar-refractivity contribution in [1.29, 1.82) is 0 Å². The third-order valence-electron chi connectivity index (χ3n) is 5.34. The summed E-state index contributed by atoms with van der Waals surface area (Å²) in [7, 11) is 2.11. The lowest BCUT2D eigenvalue weighted by molar-refractivity contribution is 0.0673. The van der Waals surface area contributed by atoms with E-state index in [4.69, 9.17) is 0 Å². The van der Waals surface area contributed by atoms with Crippen LogP contribution in [0.15, 0.2) is 0 Å². The smallest absolute Gasteiger partial charge is 0.0558 e. The van der Waals surface area contributed by atoms with E-state index in [2.05, 4.69) is 45.0 Å². The van der Waals surface area contributed by atoms with E-state index in [-0.39, 0.29) is 6.61 Å². The van der Waals surface area contributed by atoms with Crippen LogP contribution in [0.1, 0.15) is 53.4 Å². The predicted octanol–water partition coefficient (Wildman–Crippen LogP) is 2.74. The molecule has 0 aromatic heterocycles. The second-order valence-electron chi connectivity index (χ2n) is 6.80. The molecule has 1 saturated carbocycles. The molecule has 1 aliphatic rings. The maximum absolute atomic E-state index is 9.38. The molecule has 20 heavy (non-hydrogen) atoms. The van der Waals surface area contributed by atoms with Gasteiger partial charge in [0.05, 0.1) is 6.61 Å². The van der Waals surface area contributed by atoms with E-state index in [1.807, 2.05) is 0 Å². The Labute approximate surface area is 126 Å². The van der Waals surface area contributed by atoms with E-state index in [0.717, 1.165) is 24.9 Å². The Kier molecular flexibility index (Phi) is 8.08. The van der Waals surface area contributed by atoms with Crippen molar-refractivity contribution in [2.45, 2.75) is 65.5 Å². The zero-order valence-electron chi connectivity index (χ0n) is 14.2. The molecule has 3 nitrogen and oxygen atoms in total. The predicted molar refractivity (Wildman–Crippen MR) is 86.9 cm³/mol. The van der Waals surface area contributed by atoms with Crippen molar-refractivity contribution < 1.29 is 5.11 Å². The molecule has 0 spiro atoms. The Bertz CT molecular complexity index is 255. The van der Waals surface area contributed by atoms with E-state index in [0.29, 0.717) is 18.0 Å². The van der Waals surface area contributed by atoms with Crippen molar-refractivity contribution >= 4 is 0 Å². The largest absolute Gasteiger partial charge is 0.395 e. The minimum atomic E-state index is 0.276. The summed E-state index contributed by atoms with van der Waals surface area (Å²) in [6.45, 7) is 11.5. The maximum atomic E-state index is 9.38. The first-order chi connectivity index (χ1) is 9.57. The van der Waals surface area contributed by atoms with Crippen molar-refractivity contribution in [2.24, 2.45) is 17.8 Å². The molecule has 1 aliphatic carbocycles. The van der Waals surface area contributed by atoms with E-state index in [1.54, 1.807) is 0 Å². The minimum Gasteiger partial charge on any atom is -0.395 e. The fraction of sp³-hybridized carbons (Fsp3) is 1.00. The first kappa shape index (κ1) is 17.9. The monoisotopic (exact) mass is 284 g/mol. The third-order valence-corrected chi connectivity index (χ3v) is 5.34. The lowest BCUT2D eigenvalue weighted by Gasteiger charge is -2.43. The highest BCUT2D eigenvalue weighted by Crippen LogP contribution is 2.34. The quantitative estimate of drug-likeness (QED) is 0.719. The molecule has 0 saturated heterocycles. The molecule has 0 heterocycles. The Hall–Kier alpha value is -0.120. The highest BCUT2D eigenvalue weighted by molar-refractivity contribution is 4.89. The van der Waals surface area contributed by atoms with Gasteiger partial charge >= 0.3 is 0 Å². The van der Waals surface area contributed by atoms with Gasteiger partial charge in [-0.15, -0.1) is 0 Å². The first-order valence-electron chi connectivity index (χ1n) is 8.59. The molecule has 0 bridgehead atoms. The number of hydrogen-bond donors (Lipinski definition) is 2. The molecule has 120 valence electrons. The van der Waals surface area contributed by atoms with Gasteiger partial charge in [0.25, 0.3) is 0 Å². The second-order valence-corrected chi connectivity index (χ2v) is 6.80. The zero-order valence-corrected chi connectivity index (χ0v) is 14.2. The van der Waals surface area contributed by atoms with E-state index < -0.39 is 0 Å². The first-order valence-corrected chi connectivity index (χ1v) is 8.59. The number of nitrogens with zero attached hydrogens (tertiary/aromatic N) is 1. The summed E-state index contributed by atoms with van der Waals surface area (Å²) >= 11 is 0. The highest BCUT2D eigenvalue weighted by atomic mass is 16.3. The van der Waals surface area contributed by atoms with E-state index >= 15 is 0 Å². The van der Waals surface area contributed by atoms with Crippen molar-refractivity contribution in [3.8, 4) is 0 Å². The van der Waals surface area contributed by atoms with Crippen molar-refractivity contribution in [1.82, 2.24) is 10.2 Å². The van der Waals surface area contributed by atoms with Crippen LogP contribution in [-0.2, 0) is 0 Å². The van der Waals surface area contributed by atoms with Crippen LogP contribution in [0.5, 0.6) is 0 Å². The van der Waals surface area contributed by atoms with Crippen LogP contribution in [-0.4, -0.2) is 48.8 Å². The fourth-order valence-corrected chi connectivity index (χ4v) is 4.18. The molecule has 4 atom stereocenters. The Morgan fingerprint density at radius 2 is 1.85 bits per heavy atom. The molecule has 3 heteroatoms. The van der Waals surface area contributed by atoms with Gasteiger partial charge in [-0.3, -0.25) is 4.90 Å². The van der Waals surface area contributed by atoms with Gasteiger partial charge in [-0.25, -0.2) is 0 Å². The number of hydrogen-bond acceptors (Lipinski definition) is 3. The van der Waals surface area contributed by atoms with Gasteiger partial charge in [0.15, 0.2) is 0 Å². The zero-order chi connectivity index (χ0) is 15.1. The molecule has 1 fully saturated rings. The van der Waals surface area contributed by atoms with Crippen LogP contribution < -0.4 is 5.32 Å². The van der Waals surface area contributed by atoms with Crippen molar-refractivity contribution in [3.63, 3.8) is 0 Å². The van der Waals surface area contributed by atoms with Crippen molar-refractivity contribution in [3.05, 3.63) is 0 Å². The van der Waals surface area contributed by atoms with E-state index in [1.165, 1.54) is 25.7 Å². The van der Waals surface area contributed by atoms with Gasteiger partial charge in [-0.1, -0.05) is 27.7 Å². The summed E-state index contributed by atoms with van der Waals surface area (Å²) in [5, 5.41) is 12.9. The lowest BCUT2D eigenvalue weighted by Crippen LogP contribution is -2.50. The molecule has 2 N–H and O–H groups in total. The summed E-state index contributed by atoms with van der Waals surface area (Å²) in [6.07, 6.45) is 5.00. The summed E-state index contributed by atoms with van der Waals surface area (Å²) < 4.78 is 0. The molecule has 0 amide bonds. The highest BCUT2D eigenvalue weighted by Gasteiger charge is 2.34. The third kappa shape index (κ3) is 4.71. The van der Waals surface area contributed by atoms with Crippen LogP contribution in [0, 0.1) is 17.8 Å². The van der Waals surface area contributed by atoms with Crippen LogP contribution in [0.2, 0.25) is 0 Å². The SMILES string of the molecule is CCC(CC)N(CCO)CC1C(C)CC(C)CC1NC. The van der Waals surface area contributed by atoms with Gasteiger partial charge in [0.1, 0.15) is 0 Å². The number of nitrogens with one attached hydrogen (secondary N) is 1. The Morgan fingerprint density at radius 1 is 1.20 bits per heavy atom. The molecule has 0 aromatic carbocycles. The lowest BCUT2D eigenvalue weighted by atomic mass is 9.72. The molecule has 0 aliphatic heterocycles. The average Bonchev–Trinajstić information content (AvgIpc) is 2.42. The van der Waals surface area contributed by atoms with Gasteiger partial charge in [-0.2, -0.15) is 0 Å². The van der Waals surface area contributed by atoms with Crippen LogP contribution in [0.4, 0.5) is 0 Å². The number of aliphatic hydroxyl groups is 1. The van der Waals surface area contributed by atoms with Gasteiger partial charge in [0, 0.05) is 25.2 Å². The average molecular weight is 284 g/mol. The van der Waals surface area contributed by atoms with E-state index in [9.17, 15) is 5.11 Å². The standard InChI is InChI=1S/C17H36N2O/c1-6-15(7-2)19(8-9-20)12-16-14(4)10-13(3)11-17(16)18-5/h13-18,20H,6-12H2,1-5H3. The number of aliphatic hydroxyl groups excluding tert-OH is 1. The Morgan fingerprint density at radius 3 is 2.35 bits per heavy atom. The molecule has 4 unspecified atom stereocenters. The maximum Gasteiger partial charge on any atom is 0.0558 e. The fourth-order valence-electron chi connectivity index (χ4n) is 4.18. The summed E-state index contributed by atoms with van der Waals surface area (Å²) in [6, 6.07) is 1.25. The molecular formula is C17H36N2O. The second kappa shape index (κ2) is 9.01. The Balaban J connectivity index is 2.73. The van der Waals surface area contributed by atoms with Crippen LogP contribution in [0.3, 0.4) is 0 Å². The number of rotatable bonds is 8. The van der Waals surface area contributed by atoms with Gasteiger partial charge in [-0.05, 0) is 50.5 Å². The summed E-state index contributed by atoms with van der Waals surface area (Å²) in [5.74, 6) is 2.31. The topological polar surface area (TPSA) is 35.5 Å². The normalized spacial score (nSPS) is 31.2. The summed E-state index contributed by atoms with van der Waals surface area (Å²) in [5.41, 5.74) is 0. The van der Waals surface area contributed by atoms with Gasteiger partial charge in [0.2, 0.25) is 0 Å². The summed E-state index contributed by atoms with van der Waals surface area (Å²) in [4.78, 5) is 2.53.